The first-order valence-corrected chi connectivity index (χ1v) is 16.1. The summed E-state index contributed by atoms with van der Waals surface area (Å²) in [6, 6.07) is 52.3. The number of rotatable bonds is 8. The van der Waals surface area contributed by atoms with E-state index >= 15 is 0 Å². The standard InChI is InChI=1S/C44H35N3/c1-3-14-31(2)23-26-40(32-15-6-4-7-16-32)45-47-43-22-13-11-20-37(43)39-30-34(25-28-44(39)47)33-24-27-42-38(29-33)36-19-10-12-21-41(36)46(42)35-17-8-5-9-18-35/h3-30,40,45H,1H2,2H3/b26-23-,31-14+. The monoisotopic (exact) mass is 605 g/mol. The van der Waals surface area contributed by atoms with E-state index in [1.807, 2.05) is 12.2 Å². The van der Waals surface area contributed by atoms with Crippen LogP contribution in [0.3, 0.4) is 0 Å². The Kier molecular flexibility index (Phi) is 7.28. The SMILES string of the molecule is C=C/C=C(C)/C=C\C(Nn1c2ccccc2c2cc(-c3ccc4c(c3)c3ccccc3n4-c3ccccc3)ccc21)c1ccccc1. The van der Waals surface area contributed by atoms with Crippen LogP contribution in [0.25, 0.3) is 60.4 Å². The van der Waals surface area contributed by atoms with Crippen molar-refractivity contribution >= 4 is 43.6 Å². The fourth-order valence-corrected chi connectivity index (χ4v) is 6.82. The minimum atomic E-state index is -0.0348. The predicted octanol–water partition coefficient (Wildman–Crippen LogP) is 11.5. The van der Waals surface area contributed by atoms with E-state index < -0.39 is 0 Å². The van der Waals surface area contributed by atoms with E-state index in [1.54, 1.807) is 0 Å². The van der Waals surface area contributed by atoms with Gasteiger partial charge in [-0.05, 0) is 72.1 Å². The lowest BCUT2D eigenvalue weighted by atomic mass is 10.0. The highest BCUT2D eigenvalue weighted by molar-refractivity contribution is 6.12. The molecule has 2 heterocycles. The third-order valence-corrected chi connectivity index (χ3v) is 9.05. The van der Waals surface area contributed by atoms with Crippen molar-refractivity contribution in [3.05, 3.63) is 188 Å². The van der Waals surface area contributed by atoms with Gasteiger partial charge in [-0.1, -0.05) is 134 Å². The fourth-order valence-electron chi connectivity index (χ4n) is 6.82. The van der Waals surface area contributed by atoms with Crippen molar-refractivity contribution in [1.82, 2.24) is 9.24 Å². The summed E-state index contributed by atoms with van der Waals surface area (Å²) in [5.74, 6) is 0. The maximum atomic E-state index is 3.85. The first-order chi connectivity index (χ1) is 23.2. The van der Waals surface area contributed by atoms with Crippen molar-refractivity contribution in [2.75, 3.05) is 5.43 Å². The zero-order chi connectivity index (χ0) is 31.7. The van der Waals surface area contributed by atoms with Crippen LogP contribution in [0.4, 0.5) is 0 Å². The van der Waals surface area contributed by atoms with Crippen LogP contribution in [0.5, 0.6) is 0 Å². The summed E-state index contributed by atoms with van der Waals surface area (Å²) in [5.41, 5.74) is 14.5. The summed E-state index contributed by atoms with van der Waals surface area (Å²) in [4.78, 5) is 0. The van der Waals surface area contributed by atoms with E-state index in [9.17, 15) is 0 Å². The van der Waals surface area contributed by atoms with E-state index in [1.165, 1.54) is 55.0 Å². The maximum absolute atomic E-state index is 3.85. The highest BCUT2D eigenvalue weighted by Crippen LogP contribution is 2.37. The van der Waals surface area contributed by atoms with Gasteiger partial charge in [-0.25, -0.2) is 0 Å². The summed E-state index contributed by atoms with van der Waals surface area (Å²) in [5, 5.41) is 4.95. The number of benzene rings is 6. The Hall–Kier alpha value is -6.06. The van der Waals surface area contributed by atoms with Gasteiger partial charge in [0.15, 0.2) is 0 Å². The number of aromatic nitrogens is 2. The molecule has 2 aromatic heterocycles. The molecule has 226 valence electrons. The van der Waals surface area contributed by atoms with Gasteiger partial charge < -0.3 is 9.99 Å². The minimum Gasteiger partial charge on any atom is -0.314 e. The Bertz CT molecular complexity index is 2460. The molecule has 0 amide bonds. The summed E-state index contributed by atoms with van der Waals surface area (Å²) in [7, 11) is 0. The zero-order valence-electron chi connectivity index (χ0n) is 26.3. The van der Waals surface area contributed by atoms with Gasteiger partial charge in [0.25, 0.3) is 0 Å². The molecule has 1 N–H and O–H groups in total. The Balaban J connectivity index is 1.25. The second-order valence-electron chi connectivity index (χ2n) is 12.0. The van der Waals surface area contributed by atoms with E-state index in [0.717, 1.165) is 16.6 Å². The van der Waals surface area contributed by atoms with Gasteiger partial charge in [0.2, 0.25) is 0 Å². The Labute approximate surface area is 275 Å². The molecule has 0 aliphatic carbocycles. The molecule has 3 heteroatoms. The Morgan fingerprint density at radius 1 is 0.596 bits per heavy atom. The molecule has 0 spiro atoms. The van der Waals surface area contributed by atoms with Gasteiger partial charge in [0, 0.05) is 27.2 Å². The van der Waals surface area contributed by atoms with Crippen molar-refractivity contribution in [3.63, 3.8) is 0 Å². The number of nitrogens with zero attached hydrogens (tertiary/aromatic N) is 2. The van der Waals surface area contributed by atoms with Gasteiger partial charge in [0.05, 0.1) is 28.1 Å². The molecule has 0 fully saturated rings. The molecule has 6 aromatic carbocycles. The van der Waals surface area contributed by atoms with Gasteiger partial charge in [-0.15, -0.1) is 0 Å². The number of nitrogens with one attached hydrogen (secondary N) is 1. The third-order valence-electron chi connectivity index (χ3n) is 9.05. The molecular formula is C44H35N3. The van der Waals surface area contributed by atoms with Crippen molar-refractivity contribution in [1.29, 1.82) is 0 Å². The molecule has 8 rings (SSSR count). The second-order valence-corrected chi connectivity index (χ2v) is 12.0. The molecule has 3 nitrogen and oxygen atoms in total. The predicted molar refractivity (Wildman–Crippen MR) is 201 cm³/mol. The molecule has 1 unspecified atom stereocenters. The quantitative estimate of drug-likeness (QED) is 0.171. The van der Waals surface area contributed by atoms with Gasteiger partial charge in [-0.2, -0.15) is 0 Å². The first-order valence-electron chi connectivity index (χ1n) is 16.1. The Morgan fingerprint density at radius 2 is 1.13 bits per heavy atom. The number of para-hydroxylation sites is 3. The summed E-state index contributed by atoms with van der Waals surface area (Å²) in [6.07, 6.45) is 8.23. The number of fused-ring (bicyclic) bond motifs is 6. The lowest BCUT2D eigenvalue weighted by Crippen LogP contribution is -2.19. The van der Waals surface area contributed by atoms with E-state index in [0.29, 0.717) is 0 Å². The fraction of sp³-hybridized carbons (Fsp3) is 0.0455. The molecule has 0 aliphatic heterocycles. The molecule has 1 atom stereocenters. The smallest absolute Gasteiger partial charge is 0.0858 e. The highest BCUT2D eigenvalue weighted by atomic mass is 15.4. The van der Waals surface area contributed by atoms with Crippen molar-refractivity contribution in [3.8, 4) is 16.8 Å². The Morgan fingerprint density at radius 3 is 1.83 bits per heavy atom. The van der Waals surface area contributed by atoms with Crippen LogP contribution in [0.1, 0.15) is 18.5 Å². The van der Waals surface area contributed by atoms with Crippen molar-refractivity contribution < 1.29 is 0 Å². The second kappa shape index (κ2) is 12.0. The molecular weight excluding hydrogens is 571 g/mol. The van der Waals surface area contributed by atoms with Crippen molar-refractivity contribution in [2.24, 2.45) is 0 Å². The molecule has 0 aliphatic rings. The van der Waals surface area contributed by atoms with Crippen LogP contribution >= 0.6 is 0 Å². The first kappa shape index (κ1) is 28.4. The van der Waals surface area contributed by atoms with Crippen LogP contribution in [0.2, 0.25) is 0 Å². The van der Waals surface area contributed by atoms with Crippen LogP contribution in [0, 0.1) is 0 Å². The molecule has 0 radical (unpaired) electrons. The van der Waals surface area contributed by atoms with E-state index in [4.69, 9.17) is 0 Å². The molecule has 0 saturated carbocycles. The lowest BCUT2D eigenvalue weighted by Gasteiger charge is -2.20. The largest absolute Gasteiger partial charge is 0.314 e. The number of hydrogen-bond acceptors (Lipinski definition) is 1. The normalized spacial score (nSPS) is 12.8. The summed E-state index contributed by atoms with van der Waals surface area (Å²) >= 11 is 0. The van der Waals surface area contributed by atoms with Gasteiger partial charge >= 0.3 is 0 Å². The average molecular weight is 606 g/mol. The van der Waals surface area contributed by atoms with E-state index in [2.05, 4.69) is 186 Å². The van der Waals surface area contributed by atoms with Crippen molar-refractivity contribution in [2.45, 2.75) is 13.0 Å². The zero-order valence-corrected chi connectivity index (χ0v) is 26.3. The van der Waals surface area contributed by atoms with Gasteiger partial charge in [-0.3, -0.25) is 4.68 Å². The van der Waals surface area contributed by atoms with Crippen LogP contribution in [-0.2, 0) is 0 Å². The summed E-state index contributed by atoms with van der Waals surface area (Å²) < 4.78 is 4.61. The molecule has 0 bridgehead atoms. The van der Waals surface area contributed by atoms with Crippen LogP contribution in [0.15, 0.2) is 182 Å². The van der Waals surface area contributed by atoms with Crippen LogP contribution < -0.4 is 5.43 Å². The van der Waals surface area contributed by atoms with E-state index in [-0.39, 0.29) is 6.04 Å². The lowest BCUT2D eigenvalue weighted by molar-refractivity contribution is 0.817. The topological polar surface area (TPSA) is 21.9 Å². The summed E-state index contributed by atoms with van der Waals surface area (Å²) in [6.45, 7) is 5.95. The maximum Gasteiger partial charge on any atom is 0.0858 e. The highest BCUT2D eigenvalue weighted by Gasteiger charge is 2.17. The van der Waals surface area contributed by atoms with Gasteiger partial charge in [0.1, 0.15) is 0 Å². The minimum absolute atomic E-state index is 0.0348. The molecule has 47 heavy (non-hydrogen) atoms. The van der Waals surface area contributed by atoms with Crippen LogP contribution in [-0.4, -0.2) is 9.24 Å². The average Bonchev–Trinajstić information content (AvgIpc) is 3.62. The molecule has 0 saturated heterocycles. The number of allylic oxidation sites excluding steroid dienone is 4. The third kappa shape index (κ3) is 5.12. The molecule has 8 aromatic rings. The number of hydrogen-bond donors (Lipinski definition) is 1.